The number of nitrogens with zero attached hydrogens (tertiary/aromatic N) is 1. The fraction of sp³-hybridized carbons (Fsp3) is 0.800. The first kappa shape index (κ1) is 10.4. The zero-order valence-electron chi connectivity index (χ0n) is 6.27. The molecule has 0 aliphatic carbocycles. The van der Waals surface area contributed by atoms with E-state index in [-0.39, 0.29) is 0 Å². The molecule has 0 aliphatic rings. The summed E-state index contributed by atoms with van der Waals surface area (Å²) in [6.07, 6.45) is 0. The molecular weight excluding hydrogens is 168 g/mol. The number of carboxylic acids is 1. The molecular formula is C5H10N2O3S. The molecule has 0 aliphatic heterocycles. The third-order valence-electron chi connectivity index (χ3n) is 1.29. The maximum absolute atomic E-state index is 10.3. The summed E-state index contributed by atoms with van der Waals surface area (Å²) in [6, 6.07) is -1.08. The normalized spacial score (nSPS) is 14.1. The summed E-state index contributed by atoms with van der Waals surface area (Å²) in [7, 11) is 0. The Morgan fingerprint density at radius 2 is 2.18 bits per heavy atom. The summed E-state index contributed by atoms with van der Waals surface area (Å²) in [4.78, 5) is 20.2. The van der Waals surface area contributed by atoms with Crippen molar-refractivity contribution in [1.82, 2.24) is 0 Å². The number of nitrogens with two attached hydrogens (primary N) is 1. The Morgan fingerprint density at radius 3 is 2.45 bits per heavy atom. The van der Waals surface area contributed by atoms with Crippen molar-refractivity contribution in [1.29, 1.82) is 0 Å². The van der Waals surface area contributed by atoms with E-state index in [0.29, 0.717) is 11.9 Å². The first-order chi connectivity index (χ1) is 4.91. The van der Waals surface area contributed by atoms with Gasteiger partial charge in [0, 0.05) is 16.5 Å². The van der Waals surface area contributed by atoms with Gasteiger partial charge in [0.05, 0.1) is 4.75 Å². The van der Waals surface area contributed by atoms with Gasteiger partial charge in [0.1, 0.15) is 6.04 Å². The van der Waals surface area contributed by atoms with Crippen LogP contribution in [-0.2, 0) is 4.79 Å². The zero-order chi connectivity index (χ0) is 9.07. The molecule has 0 saturated heterocycles. The molecule has 0 aromatic carbocycles. The van der Waals surface area contributed by atoms with Gasteiger partial charge in [0.25, 0.3) is 0 Å². The molecule has 3 N–H and O–H groups in total. The average Bonchev–Trinajstić information content (AvgIpc) is 1.86. The van der Waals surface area contributed by atoms with Crippen molar-refractivity contribution in [3.05, 3.63) is 4.91 Å². The minimum Gasteiger partial charge on any atom is -0.480 e. The van der Waals surface area contributed by atoms with E-state index < -0.39 is 16.8 Å². The molecule has 0 aromatic rings. The number of aliphatic carboxylic acids is 1. The summed E-state index contributed by atoms with van der Waals surface area (Å²) < 4.78 is 1.68. The molecule has 64 valence electrons. The molecule has 0 amide bonds. The van der Waals surface area contributed by atoms with Gasteiger partial charge in [-0.15, -0.1) is 4.91 Å². The Bertz CT molecular complexity index is 171. The molecule has 11 heavy (non-hydrogen) atoms. The van der Waals surface area contributed by atoms with Gasteiger partial charge in [-0.05, 0) is 13.8 Å². The van der Waals surface area contributed by atoms with E-state index in [1.54, 1.807) is 13.8 Å². The second-order valence-corrected chi connectivity index (χ2v) is 3.97. The molecule has 1 unspecified atom stereocenters. The average molecular weight is 178 g/mol. The van der Waals surface area contributed by atoms with Crippen LogP contribution in [-0.4, -0.2) is 21.9 Å². The highest BCUT2D eigenvalue weighted by molar-refractivity contribution is 7.99. The van der Waals surface area contributed by atoms with Crippen LogP contribution in [0.5, 0.6) is 0 Å². The van der Waals surface area contributed by atoms with Crippen molar-refractivity contribution in [2.45, 2.75) is 24.6 Å². The highest BCUT2D eigenvalue weighted by Gasteiger charge is 2.33. The Hall–Kier alpha value is -0.620. The quantitative estimate of drug-likeness (QED) is 0.485. The van der Waals surface area contributed by atoms with E-state index in [1.165, 1.54) is 0 Å². The lowest BCUT2D eigenvalue weighted by molar-refractivity contribution is -0.139. The third kappa shape index (κ3) is 2.85. The fourth-order valence-corrected chi connectivity index (χ4v) is 0.857. The lowest BCUT2D eigenvalue weighted by Crippen LogP contribution is -2.46. The van der Waals surface area contributed by atoms with Gasteiger partial charge in [0.15, 0.2) is 0 Å². The van der Waals surface area contributed by atoms with Crippen LogP contribution in [0.1, 0.15) is 13.8 Å². The zero-order valence-corrected chi connectivity index (χ0v) is 7.09. The van der Waals surface area contributed by atoms with E-state index >= 15 is 0 Å². The molecule has 0 heterocycles. The summed E-state index contributed by atoms with van der Waals surface area (Å²) >= 11 is 0.634. The van der Waals surface area contributed by atoms with Gasteiger partial charge >= 0.3 is 5.97 Å². The van der Waals surface area contributed by atoms with Crippen molar-refractivity contribution in [3.63, 3.8) is 0 Å². The van der Waals surface area contributed by atoms with Crippen molar-refractivity contribution in [2.24, 2.45) is 10.3 Å². The predicted octanol–water partition coefficient (Wildman–Crippen LogP) is 0.592. The van der Waals surface area contributed by atoms with Crippen LogP contribution < -0.4 is 5.73 Å². The molecule has 0 aromatic heterocycles. The first-order valence-electron chi connectivity index (χ1n) is 2.91. The van der Waals surface area contributed by atoms with E-state index in [0.717, 1.165) is 0 Å². The number of nitroso groups, excluding NO2 is 1. The van der Waals surface area contributed by atoms with Gasteiger partial charge in [-0.3, -0.25) is 4.79 Å². The number of hydrogen-bond acceptors (Lipinski definition) is 5. The van der Waals surface area contributed by atoms with Gasteiger partial charge < -0.3 is 10.8 Å². The lowest BCUT2D eigenvalue weighted by atomic mass is 10.1. The largest absolute Gasteiger partial charge is 0.480 e. The summed E-state index contributed by atoms with van der Waals surface area (Å²) in [5, 5.41) is 8.46. The van der Waals surface area contributed by atoms with Gasteiger partial charge in [-0.25, -0.2) is 0 Å². The minimum atomic E-state index is -1.13. The molecule has 0 radical (unpaired) electrons. The summed E-state index contributed by atoms with van der Waals surface area (Å²) in [5.74, 6) is -1.13. The van der Waals surface area contributed by atoms with Crippen LogP contribution in [0.4, 0.5) is 0 Å². The van der Waals surface area contributed by atoms with Crippen molar-refractivity contribution >= 4 is 17.9 Å². The van der Waals surface area contributed by atoms with Crippen molar-refractivity contribution < 1.29 is 9.90 Å². The Balaban J connectivity index is 4.27. The maximum atomic E-state index is 10.3. The SMILES string of the molecule is CC(C)(SN=O)C(N)C(=O)O. The maximum Gasteiger partial charge on any atom is 0.321 e. The summed E-state index contributed by atoms with van der Waals surface area (Å²) in [6.45, 7) is 3.11. The Kier molecular flexibility index (Phi) is 3.47. The third-order valence-corrected chi connectivity index (χ3v) is 2.09. The molecule has 0 spiro atoms. The van der Waals surface area contributed by atoms with E-state index in [2.05, 4.69) is 4.58 Å². The van der Waals surface area contributed by atoms with E-state index in [4.69, 9.17) is 10.8 Å². The van der Waals surface area contributed by atoms with Crippen molar-refractivity contribution in [2.75, 3.05) is 0 Å². The number of hydrogen-bond donors (Lipinski definition) is 2. The molecule has 0 saturated carbocycles. The lowest BCUT2D eigenvalue weighted by Gasteiger charge is -2.23. The van der Waals surface area contributed by atoms with Crippen molar-refractivity contribution in [3.8, 4) is 0 Å². The van der Waals surface area contributed by atoms with Crippen LogP contribution in [0.25, 0.3) is 0 Å². The topological polar surface area (TPSA) is 92.8 Å². The molecule has 0 fully saturated rings. The van der Waals surface area contributed by atoms with E-state index in [1.807, 2.05) is 0 Å². The van der Waals surface area contributed by atoms with Gasteiger partial charge in [-0.1, -0.05) is 0 Å². The van der Waals surface area contributed by atoms with Crippen LogP contribution in [0, 0.1) is 4.91 Å². The van der Waals surface area contributed by atoms with E-state index in [9.17, 15) is 9.70 Å². The first-order valence-corrected chi connectivity index (χ1v) is 3.68. The standard InChI is InChI=1S/C5H10N2O3S/c1-5(2,11-7-10)3(6)4(8)9/h3H,6H2,1-2H3,(H,8,9). The summed E-state index contributed by atoms with van der Waals surface area (Å²) in [5.41, 5.74) is 5.26. The minimum absolute atomic E-state index is 0.634. The highest BCUT2D eigenvalue weighted by atomic mass is 32.2. The number of carbonyl (C=O) groups is 1. The highest BCUT2D eigenvalue weighted by Crippen LogP contribution is 2.27. The smallest absolute Gasteiger partial charge is 0.321 e. The van der Waals surface area contributed by atoms with Gasteiger partial charge in [-0.2, -0.15) is 0 Å². The molecule has 1 atom stereocenters. The van der Waals surface area contributed by atoms with Crippen LogP contribution in [0.3, 0.4) is 0 Å². The Labute approximate surface area is 68.4 Å². The monoisotopic (exact) mass is 178 g/mol. The second kappa shape index (κ2) is 3.68. The molecule has 0 bridgehead atoms. The number of rotatable bonds is 4. The van der Waals surface area contributed by atoms with Crippen LogP contribution in [0.2, 0.25) is 0 Å². The Morgan fingerprint density at radius 1 is 1.73 bits per heavy atom. The molecule has 6 heteroatoms. The van der Waals surface area contributed by atoms with Crippen LogP contribution in [0.15, 0.2) is 4.58 Å². The fourth-order valence-electron chi connectivity index (χ4n) is 0.450. The predicted molar refractivity (Wildman–Crippen MR) is 43.1 cm³/mol. The van der Waals surface area contributed by atoms with Gasteiger partial charge in [0.2, 0.25) is 0 Å². The van der Waals surface area contributed by atoms with Crippen LogP contribution >= 0.6 is 11.9 Å². The second-order valence-electron chi connectivity index (χ2n) is 2.59. The molecule has 0 rings (SSSR count). The number of carboxylic acid groups (broad SMARTS) is 1. The molecule has 5 nitrogen and oxygen atoms in total.